The number of rotatable bonds is 5. The number of nitrogens with zero attached hydrogens (tertiary/aromatic N) is 1. The molecule has 0 bridgehead atoms. The Bertz CT molecular complexity index is 953. The number of aldehydes is 1. The number of benzene rings is 2. The van der Waals surface area contributed by atoms with Gasteiger partial charge >= 0.3 is 0 Å². The molecule has 3 nitrogen and oxygen atoms in total. The van der Waals surface area contributed by atoms with Crippen LogP contribution in [0.1, 0.15) is 47.1 Å². The first-order valence-electron chi connectivity index (χ1n) is 11.2. The Morgan fingerprint density at radius 2 is 1.90 bits per heavy atom. The van der Waals surface area contributed by atoms with Gasteiger partial charge in [0.2, 0.25) is 0 Å². The van der Waals surface area contributed by atoms with Crippen molar-refractivity contribution in [1.82, 2.24) is 4.90 Å². The Kier molecular flexibility index (Phi) is 4.09. The van der Waals surface area contributed by atoms with E-state index in [1.54, 1.807) is 0 Å². The van der Waals surface area contributed by atoms with Gasteiger partial charge < -0.3 is 9.53 Å². The van der Waals surface area contributed by atoms with Crippen LogP contribution in [0.2, 0.25) is 0 Å². The third-order valence-corrected chi connectivity index (χ3v) is 7.88. The van der Waals surface area contributed by atoms with Crippen LogP contribution >= 0.6 is 0 Å². The van der Waals surface area contributed by atoms with Crippen molar-refractivity contribution >= 4 is 6.29 Å². The summed E-state index contributed by atoms with van der Waals surface area (Å²) >= 11 is 0. The fourth-order valence-electron chi connectivity index (χ4n) is 6.23. The second-order valence-electron chi connectivity index (χ2n) is 9.91. The van der Waals surface area contributed by atoms with Crippen LogP contribution in [0, 0.1) is 11.3 Å². The van der Waals surface area contributed by atoms with E-state index in [1.807, 2.05) is 0 Å². The highest BCUT2D eigenvalue weighted by atomic mass is 16.5. The number of aryl methyl sites for hydroxylation is 1. The summed E-state index contributed by atoms with van der Waals surface area (Å²) in [6.45, 7) is 3.08. The Morgan fingerprint density at radius 3 is 2.76 bits per heavy atom. The molecule has 1 heterocycles. The van der Waals surface area contributed by atoms with E-state index in [1.165, 1.54) is 73.0 Å². The molecule has 0 unspecified atom stereocenters. The van der Waals surface area contributed by atoms with Crippen molar-refractivity contribution in [2.24, 2.45) is 11.3 Å². The maximum Gasteiger partial charge on any atom is 0.123 e. The van der Waals surface area contributed by atoms with E-state index in [0.29, 0.717) is 24.0 Å². The van der Waals surface area contributed by atoms with E-state index >= 15 is 0 Å². The normalized spacial score (nSPS) is 26.5. The standard InChI is InChI=1S/C26H29NO2/c28-14-18-9-23(10-18)27-16-26(17-27)12-20-7-8-24(11-22(20)13-26)29-15-21-5-1-3-19-4-2-6-25(19)21/h1,3,5,7-8,11,14,18,23H,2,4,6,9-10,12-13,15-17H2. The van der Waals surface area contributed by atoms with Gasteiger partial charge in [-0.15, -0.1) is 0 Å². The fraction of sp³-hybridized carbons (Fsp3) is 0.500. The molecule has 4 aliphatic rings. The topological polar surface area (TPSA) is 29.5 Å². The molecule has 3 heteroatoms. The van der Waals surface area contributed by atoms with Crippen LogP contribution in [0.15, 0.2) is 36.4 Å². The van der Waals surface area contributed by atoms with Crippen molar-refractivity contribution in [1.29, 1.82) is 0 Å². The van der Waals surface area contributed by atoms with Crippen LogP contribution in [0.4, 0.5) is 0 Å². The molecule has 1 aliphatic heterocycles. The Morgan fingerprint density at radius 1 is 1.03 bits per heavy atom. The van der Waals surface area contributed by atoms with Gasteiger partial charge in [0.25, 0.3) is 0 Å². The van der Waals surface area contributed by atoms with Crippen molar-refractivity contribution in [2.75, 3.05) is 13.1 Å². The minimum absolute atomic E-state index is 0.322. The number of hydrogen-bond acceptors (Lipinski definition) is 3. The highest BCUT2D eigenvalue weighted by Gasteiger charge is 2.50. The molecule has 1 spiro atoms. The molecule has 6 rings (SSSR count). The summed E-state index contributed by atoms with van der Waals surface area (Å²) in [4.78, 5) is 13.5. The summed E-state index contributed by atoms with van der Waals surface area (Å²) in [6.07, 6.45) is 9.38. The van der Waals surface area contributed by atoms with Crippen LogP contribution in [0.25, 0.3) is 0 Å². The highest BCUT2D eigenvalue weighted by molar-refractivity contribution is 5.55. The van der Waals surface area contributed by atoms with Crippen molar-refractivity contribution in [3.8, 4) is 5.75 Å². The lowest BCUT2D eigenvalue weighted by Gasteiger charge is -2.55. The molecule has 0 N–H and O–H groups in total. The average molecular weight is 388 g/mol. The molecule has 1 saturated carbocycles. The molecule has 2 aromatic carbocycles. The van der Waals surface area contributed by atoms with Gasteiger partial charge in [0, 0.05) is 30.5 Å². The largest absolute Gasteiger partial charge is 0.489 e. The van der Waals surface area contributed by atoms with Gasteiger partial charge in [-0.2, -0.15) is 0 Å². The second-order valence-corrected chi connectivity index (χ2v) is 9.91. The Hall–Kier alpha value is -2.13. The molecule has 0 radical (unpaired) electrons. The lowest BCUT2D eigenvalue weighted by Crippen LogP contribution is -2.63. The summed E-state index contributed by atoms with van der Waals surface area (Å²) in [6, 6.07) is 14.1. The maximum absolute atomic E-state index is 10.9. The second kappa shape index (κ2) is 6.70. The zero-order valence-corrected chi connectivity index (χ0v) is 17.0. The van der Waals surface area contributed by atoms with E-state index in [9.17, 15) is 4.79 Å². The van der Waals surface area contributed by atoms with Gasteiger partial charge in [0.1, 0.15) is 18.6 Å². The average Bonchev–Trinajstić information content (AvgIpc) is 3.29. The molecule has 1 saturated heterocycles. The lowest BCUT2D eigenvalue weighted by atomic mass is 9.71. The molecule has 0 amide bonds. The number of carbonyl (C=O) groups is 1. The van der Waals surface area contributed by atoms with Gasteiger partial charge in [-0.05, 0) is 84.9 Å². The fourth-order valence-corrected chi connectivity index (χ4v) is 6.23. The van der Waals surface area contributed by atoms with E-state index in [0.717, 1.165) is 24.9 Å². The van der Waals surface area contributed by atoms with Crippen molar-refractivity contribution < 1.29 is 9.53 Å². The summed E-state index contributed by atoms with van der Waals surface area (Å²) in [5.74, 6) is 1.34. The molecule has 2 fully saturated rings. The van der Waals surface area contributed by atoms with Gasteiger partial charge in [-0.1, -0.05) is 24.3 Å². The van der Waals surface area contributed by atoms with Crippen LogP contribution in [0.5, 0.6) is 5.75 Å². The van der Waals surface area contributed by atoms with E-state index in [-0.39, 0.29) is 0 Å². The smallest absolute Gasteiger partial charge is 0.123 e. The Labute approximate surface area is 173 Å². The Balaban J connectivity index is 1.09. The number of hydrogen-bond donors (Lipinski definition) is 0. The van der Waals surface area contributed by atoms with Gasteiger partial charge in [0.15, 0.2) is 0 Å². The summed E-state index contributed by atoms with van der Waals surface area (Å²) < 4.78 is 6.23. The van der Waals surface area contributed by atoms with Crippen LogP contribution < -0.4 is 4.74 Å². The molecule has 29 heavy (non-hydrogen) atoms. The summed E-state index contributed by atoms with van der Waals surface area (Å²) in [5.41, 5.74) is 7.84. The molecular formula is C26H29NO2. The lowest BCUT2D eigenvalue weighted by molar-refractivity contribution is -0.119. The molecule has 2 aromatic rings. The zero-order chi connectivity index (χ0) is 19.4. The number of ether oxygens (including phenoxy) is 1. The quantitative estimate of drug-likeness (QED) is 0.723. The van der Waals surface area contributed by atoms with Gasteiger partial charge in [-0.25, -0.2) is 0 Å². The molecular weight excluding hydrogens is 358 g/mol. The van der Waals surface area contributed by atoms with Crippen LogP contribution in [0.3, 0.4) is 0 Å². The third kappa shape index (κ3) is 3.02. The van der Waals surface area contributed by atoms with E-state index in [2.05, 4.69) is 41.3 Å². The minimum atomic E-state index is 0.322. The zero-order valence-electron chi connectivity index (χ0n) is 17.0. The SMILES string of the molecule is O=CC1CC(N2CC3(Cc4ccc(OCc5cccc6c5CCC6)cc4C3)C2)C1. The molecule has 3 aliphatic carbocycles. The predicted molar refractivity (Wildman–Crippen MR) is 113 cm³/mol. The van der Waals surface area contributed by atoms with E-state index in [4.69, 9.17) is 4.74 Å². The maximum atomic E-state index is 10.9. The van der Waals surface area contributed by atoms with Crippen LogP contribution in [-0.4, -0.2) is 30.3 Å². The molecule has 150 valence electrons. The number of likely N-dealkylation sites (tertiary alicyclic amines) is 1. The number of carbonyl (C=O) groups excluding carboxylic acids is 1. The van der Waals surface area contributed by atoms with Crippen molar-refractivity contribution in [2.45, 2.75) is 57.6 Å². The van der Waals surface area contributed by atoms with Crippen LogP contribution in [-0.2, 0) is 37.1 Å². The van der Waals surface area contributed by atoms with Gasteiger partial charge in [0.05, 0.1) is 0 Å². The first-order chi connectivity index (χ1) is 14.2. The van der Waals surface area contributed by atoms with Crippen molar-refractivity contribution in [3.05, 3.63) is 64.2 Å². The molecule has 0 atom stereocenters. The summed E-state index contributed by atoms with van der Waals surface area (Å²) in [7, 11) is 0. The first kappa shape index (κ1) is 17.7. The highest BCUT2D eigenvalue weighted by Crippen LogP contribution is 2.48. The monoisotopic (exact) mass is 387 g/mol. The molecule has 0 aromatic heterocycles. The van der Waals surface area contributed by atoms with Crippen molar-refractivity contribution in [3.63, 3.8) is 0 Å². The third-order valence-electron chi connectivity index (χ3n) is 7.88. The van der Waals surface area contributed by atoms with E-state index < -0.39 is 0 Å². The minimum Gasteiger partial charge on any atom is -0.489 e. The predicted octanol–water partition coefficient (Wildman–Crippen LogP) is 4.13. The number of fused-ring (bicyclic) bond motifs is 2. The first-order valence-corrected chi connectivity index (χ1v) is 11.2. The summed E-state index contributed by atoms with van der Waals surface area (Å²) in [5, 5.41) is 0. The van der Waals surface area contributed by atoms with Gasteiger partial charge in [-0.3, -0.25) is 4.90 Å².